The van der Waals surface area contributed by atoms with E-state index >= 15 is 0 Å². The maximum absolute atomic E-state index is 12.0. The van der Waals surface area contributed by atoms with Crippen LogP contribution >= 0.6 is 0 Å². The van der Waals surface area contributed by atoms with E-state index in [0.29, 0.717) is 31.2 Å². The number of aliphatic hydroxyl groups excluding tert-OH is 1. The van der Waals surface area contributed by atoms with E-state index in [0.717, 1.165) is 6.07 Å². The Balaban J connectivity index is 1.74. The first-order valence-corrected chi connectivity index (χ1v) is 7.51. The topological polar surface area (TPSA) is 96.2 Å². The molecular formula is C16H20O6. The number of fused-ring (bicyclic) bond motifs is 1. The molecule has 0 spiro atoms. The van der Waals surface area contributed by atoms with E-state index < -0.39 is 12.1 Å². The summed E-state index contributed by atoms with van der Waals surface area (Å²) in [5.74, 6) is -0.938. The van der Waals surface area contributed by atoms with Crippen molar-refractivity contribution < 1.29 is 29.6 Å². The van der Waals surface area contributed by atoms with Gasteiger partial charge in [0.15, 0.2) is 0 Å². The first-order valence-electron chi connectivity index (χ1n) is 7.51. The second-order valence-corrected chi connectivity index (χ2v) is 6.16. The normalized spacial score (nSPS) is 31.5. The van der Waals surface area contributed by atoms with Gasteiger partial charge < -0.3 is 24.8 Å². The van der Waals surface area contributed by atoms with Gasteiger partial charge in [0, 0.05) is 18.9 Å². The van der Waals surface area contributed by atoms with Crippen LogP contribution in [0.15, 0.2) is 12.1 Å². The van der Waals surface area contributed by atoms with Gasteiger partial charge in [0.2, 0.25) is 0 Å². The number of phenolic OH excluding ortho intramolecular Hbond substituents is 2. The molecule has 6 nitrogen and oxygen atoms in total. The van der Waals surface area contributed by atoms with E-state index in [2.05, 4.69) is 0 Å². The zero-order valence-corrected chi connectivity index (χ0v) is 12.4. The van der Waals surface area contributed by atoms with Gasteiger partial charge in [0.25, 0.3) is 0 Å². The summed E-state index contributed by atoms with van der Waals surface area (Å²) in [5.41, 5.74) is 0.690. The van der Waals surface area contributed by atoms with Crippen molar-refractivity contribution in [3.63, 3.8) is 0 Å². The minimum Gasteiger partial charge on any atom is -0.508 e. The van der Waals surface area contributed by atoms with Gasteiger partial charge in [0.05, 0.1) is 18.3 Å². The van der Waals surface area contributed by atoms with Gasteiger partial charge in [-0.15, -0.1) is 0 Å². The highest BCUT2D eigenvalue weighted by atomic mass is 16.5. The number of carbonyl (C=O) groups excluding carboxylic acids is 1. The molecule has 1 saturated heterocycles. The molecule has 0 saturated carbocycles. The summed E-state index contributed by atoms with van der Waals surface area (Å²) >= 11 is 0. The van der Waals surface area contributed by atoms with E-state index in [1.54, 1.807) is 0 Å². The predicted octanol–water partition coefficient (Wildman–Crippen LogP) is 1.50. The Morgan fingerprint density at radius 1 is 1.23 bits per heavy atom. The summed E-state index contributed by atoms with van der Waals surface area (Å²) in [5, 5.41) is 29.1. The number of hydrogen-bond donors (Lipinski definition) is 3. The van der Waals surface area contributed by atoms with E-state index in [4.69, 9.17) is 9.47 Å². The lowest BCUT2D eigenvalue weighted by Crippen LogP contribution is -2.38. The molecule has 0 aliphatic carbocycles. The van der Waals surface area contributed by atoms with Crippen molar-refractivity contribution in [1.82, 2.24) is 0 Å². The fraction of sp³-hybridized carbons (Fsp3) is 0.562. The summed E-state index contributed by atoms with van der Waals surface area (Å²) in [6, 6.07) is 2.60. The minimum absolute atomic E-state index is 0.0200. The van der Waals surface area contributed by atoms with E-state index in [1.807, 2.05) is 6.92 Å². The third-order valence-electron chi connectivity index (χ3n) is 4.20. The molecule has 120 valence electrons. The summed E-state index contributed by atoms with van der Waals surface area (Å²) < 4.78 is 11.1. The third kappa shape index (κ3) is 3.03. The lowest BCUT2D eigenvalue weighted by Gasteiger charge is -2.34. The van der Waals surface area contributed by atoms with Crippen LogP contribution in [0.3, 0.4) is 0 Å². The van der Waals surface area contributed by atoms with Gasteiger partial charge in [-0.25, -0.2) is 4.79 Å². The second-order valence-electron chi connectivity index (χ2n) is 6.16. The number of rotatable bonds is 2. The number of benzene rings is 1. The Kier molecular flexibility index (Phi) is 3.97. The molecule has 1 aromatic carbocycles. The zero-order chi connectivity index (χ0) is 15.9. The van der Waals surface area contributed by atoms with Gasteiger partial charge >= 0.3 is 5.97 Å². The van der Waals surface area contributed by atoms with Crippen molar-refractivity contribution in [2.45, 2.75) is 57.0 Å². The van der Waals surface area contributed by atoms with Gasteiger partial charge in [-0.1, -0.05) is 0 Å². The highest BCUT2D eigenvalue weighted by Crippen LogP contribution is 2.34. The second kappa shape index (κ2) is 5.78. The lowest BCUT2D eigenvalue weighted by atomic mass is 9.92. The maximum Gasteiger partial charge on any atom is 0.342 e. The Hall–Kier alpha value is -1.79. The predicted molar refractivity (Wildman–Crippen MR) is 76.9 cm³/mol. The Labute approximate surface area is 128 Å². The molecule has 0 amide bonds. The number of aromatic hydroxyl groups is 2. The Bertz CT molecular complexity index is 574. The van der Waals surface area contributed by atoms with Crippen LogP contribution in [0.1, 0.15) is 42.1 Å². The SMILES string of the molecule is C[C@H]1CC(O)C[C@H](CC2Cc3cc(O)cc(O)c3C(=O)O2)O1. The van der Waals surface area contributed by atoms with Crippen LogP contribution in [0.4, 0.5) is 0 Å². The average molecular weight is 308 g/mol. The van der Waals surface area contributed by atoms with Crippen molar-refractivity contribution in [2.24, 2.45) is 0 Å². The molecule has 1 fully saturated rings. The molecular weight excluding hydrogens is 288 g/mol. The quantitative estimate of drug-likeness (QED) is 0.717. The first kappa shape index (κ1) is 15.1. The standard InChI is InChI=1S/C16H20O6/c1-8-2-10(17)5-13(21-8)7-12-4-9-3-11(18)6-14(19)15(9)16(20)22-12/h3,6,8,10,12-13,17-19H,2,4-5,7H2,1H3/t8-,10?,12?,13+/m0/s1. The van der Waals surface area contributed by atoms with E-state index in [9.17, 15) is 20.1 Å². The molecule has 1 aromatic rings. The Morgan fingerprint density at radius 3 is 2.73 bits per heavy atom. The number of carbonyl (C=O) groups is 1. The molecule has 2 unspecified atom stereocenters. The number of aliphatic hydroxyl groups is 1. The fourth-order valence-corrected chi connectivity index (χ4v) is 3.36. The van der Waals surface area contributed by atoms with E-state index in [1.165, 1.54) is 6.07 Å². The van der Waals surface area contributed by atoms with Gasteiger partial charge in [-0.05, 0) is 31.4 Å². The molecule has 0 bridgehead atoms. The van der Waals surface area contributed by atoms with Crippen LogP contribution in [-0.2, 0) is 15.9 Å². The third-order valence-corrected chi connectivity index (χ3v) is 4.20. The largest absolute Gasteiger partial charge is 0.508 e. The van der Waals surface area contributed by atoms with Crippen molar-refractivity contribution in [2.75, 3.05) is 0 Å². The molecule has 0 aromatic heterocycles. The fourth-order valence-electron chi connectivity index (χ4n) is 3.36. The highest BCUT2D eigenvalue weighted by molar-refractivity contribution is 5.95. The molecule has 6 heteroatoms. The summed E-state index contributed by atoms with van der Waals surface area (Å²) in [7, 11) is 0. The van der Waals surface area contributed by atoms with Gasteiger partial charge in [-0.2, -0.15) is 0 Å². The molecule has 22 heavy (non-hydrogen) atoms. The number of hydrogen-bond acceptors (Lipinski definition) is 6. The molecule has 4 atom stereocenters. The summed E-state index contributed by atoms with van der Waals surface area (Å²) in [6.45, 7) is 1.91. The highest BCUT2D eigenvalue weighted by Gasteiger charge is 2.34. The monoisotopic (exact) mass is 308 g/mol. The first-order chi connectivity index (χ1) is 10.4. The molecule has 2 aliphatic heterocycles. The summed E-state index contributed by atoms with van der Waals surface area (Å²) in [4.78, 5) is 12.0. The summed E-state index contributed by atoms with van der Waals surface area (Å²) in [6.07, 6.45) is 1.08. The molecule has 3 N–H and O–H groups in total. The van der Waals surface area contributed by atoms with Crippen LogP contribution in [0.2, 0.25) is 0 Å². The maximum atomic E-state index is 12.0. The van der Waals surface area contributed by atoms with Crippen LogP contribution in [0.25, 0.3) is 0 Å². The number of phenols is 2. The van der Waals surface area contributed by atoms with Crippen molar-refractivity contribution >= 4 is 5.97 Å². The smallest absolute Gasteiger partial charge is 0.342 e. The molecule has 0 radical (unpaired) electrons. The number of cyclic esters (lactones) is 1. The zero-order valence-electron chi connectivity index (χ0n) is 12.4. The van der Waals surface area contributed by atoms with Gasteiger partial charge in [0.1, 0.15) is 23.2 Å². The van der Waals surface area contributed by atoms with Crippen LogP contribution < -0.4 is 0 Å². The van der Waals surface area contributed by atoms with Crippen molar-refractivity contribution in [3.05, 3.63) is 23.3 Å². The van der Waals surface area contributed by atoms with Crippen LogP contribution in [0.5, 0.6) is 11.5 Å². The van der Waals surface area contributed by atoms with Gasteiger partial charge in [-0.3, -0.25) is 0 Å². The van der Waals surface area contributed by atoms with Crippen molar-refractivity contribution in [3.8, 4) is 11.5 Å². The Morgan fingerprint density at radius 2 is 2.00 bits per heavy atom. The minimum atomic E-state index is -0.590. The van der Waals surface area contributed by atoms with Crippen LogP contribution in [0, 0.1) is 0 Å². The van der Waals surface area contributed by atoms with E-state index in [-0.39, 0.29) is 35.4 Å². The number of esters is 1. The molecule has 3 rings (SSSR count). The van der Waals surface area contributed by atoms with Crippen molar-refractivity contribution in [1.29, 1.82) is 0 Å². The van der Waals surface area contributed by atoms with Crippen LogP contribution in [-0.4, -0.2) is 45.7 Å². The number of ether oxygens (including phenoxy) is 2. The average Bonchev–Trinajstić information content (AvgIpc) is 2.35. The molecule has 2 aliphatic rings. The molecule has 2 heterocycles. The lowest BCUT2D eigenvalue weighted by molar-refractivity contribution is -0.103.